The summed E-state index contributed by atoms with van der Waals surface area (Å²) in [7, 11) is 0. The molecule has 0 saturated carbocycles. The number of aromatic nitrogens is 1. The summed E-state index contributed by atoms with van der Waals surface area (Å²) in [5.74, 6) is 0. The summed E-state index contributed by atoms with van der Waals surface area (Å²) < 4.78 is 0. The summed E-state index contributed by atoms with van der Waals surface area (Å²) in [6, 6.07) is 3.79. The number of aliphatic imine (C=N–C) groups is 1. The fourth-order valence-electron chi connectivity index (χ4n) is 0.990. The topological polar surface area (TPSA) is 49.0 Å². The minimum Gasteiger partial charge on any atom is -0.264 e. The third-order valence-electron chi connectivity index (χ3n) is 1.75. The van der Waals surface area contributed by atoms with Gasteiger partial charge in [0.25, 0.3) is 0 Å². The van der Waals surface area contributed by atoms with Gasteiger partial charge in [0.05, 0.1) is 0 Å². The Kier molecular flexibility index (Phi) is 3.53. The van der Waals surface area contributed by atoms with E-state index in [1.165, 1.54) is 6.21 Å². The Bertz CT molecular complexity index is 464. The molecule has 0 saturated heterocycles. The first kappa shape index (κ1) is 10.9. The van der Waals surface area contributed by atoms with Gasteiger partial charge in [0.15, 0.2) is 0 Å². The maximum atomic E-state index is 8.46. The van der Waals surface area contributed by atoms with Crippen LogP contribution in [0.2, 0.25) is 0 Å². The van der Waals surface area contributed by atoms with Crippen LogP contribution in [-0.4, -0.2) is 11.2 Å². The zero-order chi connectivity index (χ0) is 11.3. The van der Waals surface area contributed by atoms with E-state index >= 15 is 0 Å². The molecule has 0 aliphatic carbocycles. The molecule has 3 nitrogen and oxygen atoms in total. The van der Waals surface area contributed by atoms with Gasteiger partial charge in [0.1, 0.15) is 11.8 Å². The highest BCUT2D eigenvalue weighted by Gasteiger charge is 1.96. The fraction of sp³-hybridized carbons (Fsp3) is 0.0833. The van der Waals surface area contributed by atoms with Crippen molar-refractivity contribution in [1.82, 2.24) is 4.98 Å². The van der Waals surface area contributed by atoms with Gasteiger partial charge >= 0.3 is 0 Å². The van der Waals surface area contributed by atoms with Gasteiger partial charge in [-0.25, -0.2) is 4.99 Å². The maximum absolute atomic E-state index is 8.46. The van der Waals surface area contributed by atoms with E-state index in [0.717, 1.165) is 11.1 Å². The van der Waals surface area contributed by atoms with Crippen molar-refractivity contribution in [2.24, 2.45) is 4.99 Å². The van der Waals surface area contributed by atoms with Gasteiger partial charge in [-0.3, -0.25) is 4.98 Å². The van der Waals surface area contributed by atoms with Crippen LogP contribution in [0.25, 0.3) is 5.57 Å². The second-order valence-electron chi connectivity index (χ2n) is 3.09. The van der Waals surface area contributed by atoms with E-state index in [1.54, 1.807) is 12.4 Å². The predicted molar refractivity (Wildman–Crippen MR) is 61.3 cm³/mol. The third-order valence-corrected chi connectivity index (χ3v) is 1.75. The molecule has 0 radical (unpaired) electrons. The molecular formula is C12H11N3. The molecule has 0 atom stereocenters. The Morgan fingerprint density at radius 2 is 2.27 bits per heavy atom. The summed E-state index contributed by atoms with van der Waals surface area (Å²) in [4.78, 5) is 7.88. The molecule has 1 aromatic heterocycles. The average molecular weight is 197 g/mol. The lowest BCUT2D eigenvalue weighted by Crippen LogP contribution is -1.87. The second-order valence-corrected chi connectivity index (χ2v) is 3.09. The van der Waals surface area contributed by atoms with Crippen LogP contribution in [-0.2, 0) is 0 Å². The molecule has 0 spiro atoms. The first-order valence-electron chi connectivity index (χ1n) is 4.37. The summed E-state index contributed by atoms with van der Waals surface area (Å²) in [6.45, 7) is 9.23. The molecule has 0 aliphatic rings. The number of nitriles is 1. The van der Waals surface area contributed by atoms with Crippen LogP contribution in [0, 0.1) is 18.3 Å². The molecule has 0 bridgehead atoms. The molecule has 0 fully saturated rings. The van der Waals surface area contributed by atoms with Crippen molar-refractivity contribution in [2.45, 2.75) is 6.92 Å². The van der Waals surface area contributed by atoms with Crippen LogP contribution >= 0.6 is 0 Å². The normalized spacial score (nSPS) is 9.87. The van der Waals surface area contributed by atoms with Crippen LogP contribution in [0.15, 0.2) is 42.3 Å². The van der Waals surface area contributed by atoms with E-state index in [2.05, 4.69) is 23.1 Å². The number of hydrogen-bond acceptors (Lipinski definition) is 3. The lowest BCUT2D eigenvalue weighted by Gasteiger charge is -1.99. The highest BCUT2D eigenvalue weighted by atomic mass is 14.7. The first-order chi connectivity index (χ1) is 7.13. The Morgan fingerprint density at radius 3 is 2.87 bits per heavy atom. The SMILES string of the molecule is C=C(C#N)N=CC(=C)c1cncc(C)c1. The lowest BCUT2D eigenvalue weighted by molar-refractivity contribution is 1.26. The predicted octanol–water partition coefficient (Wildman–Crippen LogP) is 2.51. The summed E-state index contributed by atoms with van der Waals surface area (Å²) in [6.07, 6.45) is 4.99. The van der Waals surface area contributed by atoms with Gasteiger partial charge < -0.3 is 0 Å². The monoisotopic (exact) mass is 197 g/mol. The van der Waals surface area contributed by atoms with E-state index in [-0.39, 0.29) is 5.70 Å². The second kappa shape index (κ2) is 4.87. The number of rotatable bonds is 3. The quantitative estimate of drug-likeness (QED) is 0.552. The maximum Gasteiger partial charge on any atom is 0.133 e. The molecule has 0 aliphatic heterocycles. The Balaban J connectivity index is 2.83. The number of nitrogens with zero attached hydrogens (tertiary/aromatic N) is 3. The highest BCUT2D eigenvalue weighted by Crippen LogP contribution is 2.10. The van der Waals surface area contributed by atoms with E-state index in [0.29, 0.717) is 5.57 Å². The van der Waals surface area contributed by atoms with Gasteiger partial charge in [-0.15, -0.1) is 0 Å². The van der Waals surface area contributed by atoms with Crippen molar-refractivity contribution < 1.29 is 0 Å². The molecule has 1 heterocycles. The van der Waals surface area contributed by atoms with E-state index in [4.69, 9.17) is 5.26 Å². The van der Waals surface area contributed by atoms with Gasteiger partial charge in [0, 0.05) is 24.2 Å². The van der Waals surface area contributed by atoms with Crippen LogP contribution in [0.1, 0.15) is 11.1 Å². The third kappa shape index (κ3) is 3.20. The van der Waals surface area contributed by atoms with Crippen molar-refractivity contribution in [2.75, 3.05) is 0 Å². The van der Waals surface area contributed by atoms with Crippen LogP contribution in [0.3, 0.4) is 0 Å². The minimum absolute atomic E-state index is 0.164. The van der Waals surface area contributed by atoms with E-state index < -0.39 is 0 Å². The number of pyridine rings is 1. The Morgan fingerprint density at radius 1 is 1.53 bits per heavy atom. The van der Waals surface area contributed by atoms with Crippen LogP contribution in [0.5, 0.6) is 0 Å². The van der Waals surface area contributed by atoms with Crippen molar-refractivity contribution in [3.05, 3.63) is 48.4 Å². The molecule has 1 aromatic rings. The molecule has 0 N–H and O–H groups in total. The van der Waals surface area contributed by atoms with Gasteiger partial charge in [-0.2, -0.15) is 5.26 Å². The van der Waals surface area contributed by atoms with Crippen LogP contribution < -0.4 is 0 Å². The molecular weight excluding hydrogens is 186 g/mol. The lowest BCUT2D eigenvalue weighted by atomic mass is 10.1. The molecule has 0 unspecified atom stereocenters. The fourth-order valence-corrected chi connectivity index (χ4v) is 0.990. The zero-order valence-electron chi connectivity index (χ0n) is 8.57. The molecule has 0 amide bonds. The summed E-state index contributed by atoms with van der Waals surface area (Å²) in [5.41, 5.74) is 2.82. The molecule has 0 aromatic carbocycles. The number of aryl methyl sites for hydroxylation is 1. The van der Waals surface area contributed by atoms with Crippen molar-refractivity contribution in [3.63, 3.8) is 0 Å². The number of allylic oxidation sites excluding steroid dienone is 2. The minimum atomic E-state index is 0.164. The molecule has 74 valence electrons. The Hall–Kier alpha value is -2.21. The number of hydrogen-bond donors (Lipinski definition) is 0. The summed E-state index contributed by atoms with van der Waals surface area (Å²) in [5, 5.41) is 8.46. The van der Waals surface area contributed by atoms with E-state index in [1.807, 2.05) is 19.1 Å². The van der Waals surface area contributed by atoms with Crippen molar-refractivity contribution in [1.29, 1.82) is 5.26 Å². The van der Waals surface area contributed by atoms with Crippen molar-refractivity contribution >= 4 is 11.8 Å². The molecule has 1 rings (SSSR count). The first-order valence-corrected chi connectivity index (χ1v) is 4.37. The Labute approximate surface area is 89.1 Å². The van der Waals surface area contributed by atoms with Gasteiger partial charge in [0.2, 0.25) is 0 Å². The molecule has 15 heavy (non-hydrogen) atoms. The zero-order valence-corrected chi connectivity index (χ0v) is 8.57. The van der Waals surface area contributed by atoms with Crippen LogP contribution in [0.4, 0.5) is 0 Å². The van der Waals surface area contributed by atoms with Gasteiger partial charge in [-0.05, 0) is 24.1 Å². The summed E-state index contributed by atoms with van der Waals surface area (Å²) >= 11 is 0. The van der Waals surface area contributed by atoms with Gasteiger partial charge in [-0.1, -0.05) is 13.2 Å². The molecule has 3 heteroatoms. The smallest absolute Gasteiger partial charge is 0.133 e. The standard InChI is InChI=1S/C12H11N3/c1-9-4-12(8-14-6-9)10(2)7-15-11(3)5-13/h4,6-8H,2-3H2,1H3. The highest BCUT2D eigenvalue weighted by molar-refractivity contribution is 6.09. The van der Waals surface area contributed by atoms with Crippen molar-refractivity contribution in [3.8, 4) is 6.07 Å². The largest absolute Gasteiger partial charge is 0.264 e. The average Bonchev–Trinajstić information content (AvgIpc) is 2.25. The van der Waals surface area contributed by atoms with E-state index in [9.17, 15) is 0 Å².